The Morgan fingerprint density at radius 1 is 0.741 bits per heavy atom. The molecule has 0 fully saturated rings. The molecule has 0 spiro atoms. The number of rotatable bonds is 5. The van der Waals surface area contributed by atoms with Gasteiger partial charge in [-0.15, -0.1) is 0 Å². The van der Waals surface area contributed by atoms with E-state index in [4.69, 9.17) is 4.43 Å². The zero-order valence-electron chi connectivity index (χ0n) is 16.1. The fourth-order valence-corrected chi connectivity index (χ4v) is 8.22. The van der Waals surface area contributed by atoms with Crippen molar-refractivity contribution in [2.45, 2.75) is 31.9 Å². The quantitative estimate of drug-likeness (QED) is 0.602. The van der Waals surface area contributed by atoms with Crippen LogP contribution >= 0.6 is 0 Å². The zero-order chi connectivity index (χ0) is 19.3. The monoisotopic (exact) mass is 371 g/mol. The summed E-state index contributed by atoms with van der Waals surface area (Å²) in [7, 11) is -2.74. The van der Waals surface area contributed by atoms with Gasteiger partial charge in [-0.25, -0.2) is 0 Å². The Morgan fingerprint density at radius 3 is 1.52 bits per heavy atom. The summed E-state index contributed by atoms with van der Waals surface area (Å²) in [5.41, 5.74) is 0.896. The van der Waals surface area contributed by atoms with Gasteiger partial charge in [0.1, 0.15) is 0 Å². The molecule has 0 aliphatic carbocycles. The van der Waals surface area contributed by atoms with Crippen LogP contribution < -0.4 is 10.4 Å². The van der Waals surface area contributed by atoms with Crippen molar-refractivity contribution in [2.24, 2.45) is 0 Å². The van der Waals surface area contributed by atoms with Crippen LogP contribution in [0.15, 0.2) is 91.0 Å². The molecule has 3 aromatic rings. The highest BCUT2D eigenvalue weighted by Crippen LogP contribution is 2.39. The van der Waals surface area contributed by atoms with Crippen molar-refractivity contribution in [3.63, 3.8) is 0 Å². The summed E-state index contributed by atoms with van der Waals surface area (Å²) in [5, 5.41) is 12.2. The fraction of sp³-hybridized carbons (Fsp3) is 0.208. The van der Waals surface area contributed by atoms with Gasteiger partial charge in [0, 0.05) is 0 Å². The van der Waals surface area contributed by atoms with Crippen LogP contribution in [0.4, 0.5) is 0 Å². The second-order valence-electron chi connectivity index (χ2n) is 7.70. The summed E-state index contributed by atoms with van der Waals surface area (Å²) in [4.78, 5) is 0. The van der Waals surface area contributed by atoms with Crippen molar-refractivity contribution in [1.82, 2.24) is 0 Å². The summed E-state index contributed by atoms with van der Waals surface area (Å²) in [5.74, 6) is 0. The lowest BCUT2D eigenvalue weighted by molar-refractivity contribution is 0.245. The van der Waals surface area contributed by atoms with E-state index >= 15 is 0 Å². The lowest BCUT2D eigenvalue weighted by Gasteiger charge is -2.44. The van der Waals surface area contributed by atoms with Gasteiger partial charge in [0.2, 0.25) is 0 Å². The van der Waals surface area contributed by atoms with E-state index in [1.54, 1.807) is 0 Å². The Labute approximate surface area is 163 Å². The molecule has 0 amide bonds. The third-order valence-electron chi connectivity index (χ3n) is 4.93. The summed E-state index contributed by atoms with van der Waals surface area (Å²) < 4.78 is 6.89. The molecule has 3 heteroatoms. The first kappa shape index (κ1) is 19.1. The van der Waals surface area contributed by atoms with Crippen molar-refractivity contribution in [3.8, 4) is 6.07 Å². The Bertz CT molecular complexity index is 856. The first-order chi connectivity index (χ1) is 13.0. The van der Waals surface area contributed by atoms with Gasteiger partial charge in [0.15, 0.2) is 6.10 Å². The Morgan fingerprint density at radius 2 is 1.15 bits per heavy atom. The van der Waals surface area contributed by atoms with Crippen molar-refractivity contribution in [2.75, 3.05) is 0 Å². The number of hydrogen-bond donors (Lipinski definition) is 0. The SMILES string of the molecule is CC(C)(C)[Si](O[C@@H](C#N)c1ccccc1)(c1ccccc1)c1ccccc1. The molecular formula is C24H25NOSi. The highest BCUT2D eigenvalue weighted by molar-refractivity contribution is 6.99. The van der Waals surface area contributed by atoms with Crippen LogP contribution in [0.5, 0.6) is 0 Å². The van der Waals surface area contributed by atoms with E-state index < -0.39 is 14.4 Å². The number of hydrogen-bond acceptors (Lipinski definition) is 2. The second-order valence-corrected chi connectivity index (χ2v) is 12.0. The summed E-state index contributed by atoms with van der Waals surface area (Å²) in [6, 6.07) is 33.0. The maximum absolute atomic E-state index is 9.95. The van der Waals surface area contributed by atoms with Crippen LogP contribution in [0, 0.1) is 11.3 Å². The van der Waals surface area contributed by atoms with Gasteiger partial charge in [-0.3, -0.25) is 0 Å². The molecule has 0 bridgehead atoms. The lowest BCUT2D eigenvalue weighted by atomic mass is 10.1. The van der Waals surface area contributed by atoms with Crippen LogP contribution in [0.2, 0.25) is 5.04 Å². The molecule has 2 nitrogen and oxygen atoms in total. The number of nitriles is 1. The molecule has 3 rings (SSSR count). The van der Waals surface area contributed by atoms with Gasteiger partial charge in [-0.05, 0) is 21.0 Å². The first-order valence-electron chi connectivity index (χ1n) is 9.22. The van der Waals surface area contributed by atoms with Crippen molar-refractivity contribution < 1.29 is 4.43 Å². The van der Waals surface area contributed by atoms with Gasteiger partial charge in [-0.2, -0.15) is 5.26 Å². The normalized spacial score (nSPS) is 13.0. The predicted molar refractivity (Wildman–Crippen MR) is 114 cm³/mol. The van der Waals surface area contributed by atoms with Crippen molar-refractivity contribution >= 4 is 18.7 Å². The Hall–Kier alpha value is -2.67. The van der Waals surface area contributed by atoms with Crippen LogP contribution in [0.1, 0.15) is 32.4 Å². The lowest BCUT2D eigenvalue weighted by Crippen LogP contribution is -2.66. The smallest absolute Gasteiger partial charge is 0.263 e. The third-order valence-corrected chi connectivity index (χ3v) is 9.93. The van der Waals surface area contributed by atoms with E-state index in [1.165, 1.54) is 10.4 Å². The van der Waals surface area contributed by atoms with E-state index in [2.05, 4.69) is 75.4 Å². The molecule has 3 aromatic carbocycles. The van der Waals surface area contributed by atoms with E-state index in [9.17, 15) is 5.26 Å². The molecule has 0 saturated heterocycles. The summed E-state index contributed by atoms with van der Waals surface area (Å²) in [6.07, 6.45) is -0.613. The highest BCUT2D eigenvalue weighted by atomic mass is 28.4. The van der Waals surface area contributed by atoms with Gasteiger partial charge in [0.25, 0.3) is 8.32 Å². The Balaban J connectivity index is 2.22. The molecule has 0 radical (unpaired) electrons. The third kappa shape index (κ3) is 3.73. The number of nitrogens with zero attached hydrogens (tertiary/aromatic N) is 1. The minimum atomic E-state index is -2.74. The van der Waals surface area contributed by atoms with Crippen LogP contribution in [0.3, 0.4) is 0 Å². The summed E-state index contributed by atoms with van der Waals surface area (Å²) in [6.45, 7) is 6.66. The fourth-order valence-electron chi connectivity index (χ4n) is 3.66. The Kier molecular flexibility index (Phi) is 5.60. The minimum Gasteiger partial charge on any atom is -0.388 e. The van der Waals surface area contributed by atoms with Gasteiger partial charge in [0.05, 0.1) is 6.07 Å². The van der Waals surface area contributed by atoms with Gasteiger partial charge >= 0.3 is 0 Å². The zero-order valence-corrected chi connectivity index (χ0v) is 17.1. The van der Waals surface area contributed by atoms with E-state index in [0.29, 0.717) is 0 Å². The molecule has 0 aliphatic rings. The number of benzene rings is 3. The average molecular weight is 372 g/mol. The molecule has 0 aliphatic heterocycles. The van der Waals surface area contributed by atoms with E-state index in [1.807, 2.05) is 42.5 Å². The molecule has 0 unspecified atom stereocenters. The van der Waals surface area contributed by atoms with Crippen LogP contribution in [-0.2, 0) is 4.43 Å². The molecule has 27 heavy (non-hydrogen) atoms. The van der Waals surface area contributed by atoms with Gasteiger partial charge in [-0.1, -0.05) is 112 Å². The molecular weight excluding hydrogens is 346 g/mol. The molecule has 0 heterocycles. The highest BCUT2D eigenvalue weighted by Gasteiger charge is 2.51. The first-order valence-corrected chi connectivity index (χ1v) is 11.1. The molecule has 0 saturated carbocycles. The van der Waals surface area contributed by atoms with E-state index in [0.717, 1.165) is 5.56 Å². The standard InChI is InChI=1S/C24H25NOSi/c1-24(2,3)27(21-15-9-5-10-16-21,22-17-11-6-12-18-22)26-23(19-25)20-13-7-4-8-14-20/h4-18,23H,1-3H3/t23-/m0/s1. The molecule has 136 valence electrons. The largest absolute Gasteiger partial charge is 0.388 e. The van der Waals surface area contributed by atoms with E-state index in [-0.39, 0.29) is 5.04 Å². The van der Waals surface area contributed by atoms with Crippen molar-refractivity contribution in [3.05, 3.63) is 96.6 Å². The molecule has 0 N–H and O–H groups in total. The minimum absolute atomic E-state index is 0.153. The molecule has 0 aromatic heterocycles. The van der Waals surface area contributed by atoms with Crippen LogP contribution in [0.25, 0.3) is 0 Å². The predicted octanol–water partition coefficient (Wildman–Crippen LogP) is 4.83. The van der Waals surface area contributed by atoms with Crippen molar-refractivity contribution in [1.29, 1.82) is 5.26 Å². The van der Waals surface area contributed by atoms with Gasteiger partial charge < -0.3 is 4.43 Å². The summed E-state index contributed by atoms with van der Waals surface area (Å²) >= 11 is 0. The maximum atomic E-state index is 9.95. The second kappa shape index (κ2) is 7.92. The average Bonchev–Trinajstić information content (AvgIpc) is 2.70. The maximum Gasteiger partial charge on any atom is 0.263 e. The topological polar surface area (TPSA) is 33.0 Å². The molecule has 1 atom stereocenters. The van der Waals surface area contributed by atoms with Crippen LogP contribution in [-0.4, -0.2) is 8.32 Å².